The third-order valence-electron chi connectivity index (χ3n) is 4.39. The molecule has 3 heteroatoms. The summed E-state index contributed by atoms with van der Waals surface area (Å²) < 4.78 is 4.94. The van der Waals surface area contributed by atoms with E-state index in [0.29, 0.717) is 12.1 Å². The van der Waals surface area contributed by atoms with E-state index in [1.807, 2.05) is 36.4 Å². The number of methoxy groups -OCH3 is 1. The Bertz CT molecular complexity index is 953. The molecule has 1 heterocycles. The lowest BCUT2D eigenvalue weighted by Gasteiger charge is -2.31. The van der Waals surface area contributed by atoms with Crippen LogP contribution >= 0.6 is 0 Å². The van der Waals surface area contributed by atoms with Crippen LogP contribution in [0.1, 0.15) is 5.56 Å². The van der Waals surface area contributed by atoms with Gasteiger partial charge in [-0.3, -0.25) is 0 Å². The third kappa shape index (κ3) is 2.35. The molecule has 0 aromatic heterocycles. The highest BCUT2D eigenvalue weighted by Crippen LogP contribution is 2.38. The number of hydrogen-bond acceptors (Lipinski definition) is 3. The molecule has 0 saturated heterocycles. The number of ether oxygens (including phenoxy) is 1. The van der Waals surface area contributed by atoms with Crippen molar-refractivity contribution in [1.29, 1.82) is 0 Å². The minimum Gasteiger partial charge on any atom is -0.466 e. The Labute approximate surface area is 140 Å². The predicted molar refractivity (Wildman–Crippen MR) is 97.4 cm³/mol. The van der Waals surface area contributed by atoms with Gasteiger partial charge in [0.2, 0.25) is 0 Å². The van der Waals surface area contributed by atoms with E-state index >= 15 is 0 Å². The summed E-state index contributed by atoms with van der Waals surface area (Å²) in [5.41, 5.74) is 3.87. The maximum Gasteiger partial charge on any atom is 0.335 e. The fraction of sp³-hybridized carbons (Fsp3) is 0.0952. The van der Waals surface area contributed by atoms with Gasteiger partial charge in [-0.15, -0.1) is 0 Å². The SMILES string of the molecule is COC(=O)C1=Cc2ccccc2N(c2cccc3ccccc23)C1. The van der Waals surface area contributed by atoms with Crippen molar-refractivity contribution in [2.75, 3.05) is 18.6 Å². The average molecular weight is 315 g/mol. The molecule has 3 aromatic carbocycles. The van der Waals surface area contributed by atoms with Gasteiger partial charge < -0.3 is 9.64 Å². The van der Waals surface area contributed by atoms with E-state index < -0.39 is 0 Å². The topological polar surface area (TPSA) is 29.5 Å². The van der Waals surface area contributed by atoms with Crippen molar-refractivity contribution >= 4 is 34.2 Å². The summed E-state index contributed by atoms with van der Waals surface area (Å²) in [6.45, 7) is 0.498. The van der Waals surface area contributed by atoms with Crippen LogP contribution in [0.3, 0.4) is 0 Å². The van der Waals surface area contributed by atoms with Crippen LogP contribution in [0.25, 0.3) is 16.8 Å². The van der Waals surface area contributed by atoms with Crippen LogP contribution in [0, 0.1) is 0 Å². The fourth-order valence-corrected chi connectivity index (χ4v) is 3.26. The second kappa shape index (κ2) is 5.85. The van der Waals surface area contributed by atoms with Crippen molar-refractivity contribution in [3.63, 3.8) is 0 Å². The zero-order valence-electron chi connectivity index (χ0n) is 13.4. The van der Waals surface area contributed by atoms with Gasteiger partial charge in [0, 0.05) is 16.8 Å². The van der Waals surface area contributed by atoms with Gasteiger partial charge in [0.15, 0.2) is 0 Å². The normalized spacial score (nSPS) is 13.4. The number of nitrogens with zero attached hydrogens (tertiary/aromatic N) is 1. The summed E-state index contributed by atoms with van der Waals surface area (Å²) in [5, 5.41) is 2.35. The van der Waals surface area contributed by atoms with Gasteiger partial charge in [0.1, 0.15) is 0 Å². The summed E-state index contributed by atoms with van der Waals surface area (Å²) in [6.07, 6.45) is 1.92. The van der Waals surface area contributed by atoms with Gasteiger partial charge in [0.05, 0.1) is 19.2 Å². The Hall–Kier alpha value is -3.07. The Morgan fingerprint density at radius 2 is 1.62 bits per heavy atom. The number of fused-ring (bicyclic) bond motifs is 2. The van der Waals surface area contributed by atoms with E-state index in [-0.39, 0.29) is 5.97 Å². The zero-order chi connectivity index (χ0) is 16.5. The van der Waals surface area contributed by atoms with Gasteiger partial charge in [-0.2, -0.15) is 0 Å². The minimum atomic E-state index is -0.283. The molecule has 1 aliphatic rings. The third-order valence-corrected chi connectivity index (χ3v) is 4.39. The molecule has 118 valence electrons. The molecule has 3 nitrogen and oxygen atoms in total. The number of benzene rings is 3. The summed E-state index contributed by atoms with van der Waals surface area (Å²) in [4.78, 5) is 14.3. The molecule has 0 N–H and O–H groups in total. The highest BCUT2D eigenvalue weighted by molar-refractivity contribution is 6.02. The lowest BCUT2D eigenvalue weighted by Crippen LogP contribution is -2.27. The minimum absolute atomic E-state index is 0.283. The van der Waals surface area contributed by atoms with Crippen LogP contribution in [0.4, 0.5) is 11.4 Å². The van der Waals surface area contributed by atoms with Crippen molar-refractivity contribution in [1.82, 2.24) is 0 Å². The Kier molecular flexibility index (Phi) is 3.54. The highest BCUT2D eigenvalue weighted by Gasteiger charge is 2.24. The maximum atomic E-state index is 12.1. The van der Waals surface area contributed by atoms with E-state index in [1.165, 1.54) is 17.9 Å². The summed E-state index contributed by atoms with van der Waals surface area (Å²) >= 11 is 0. The van der Waals surface area contributed by atoms with Crippen LogP contribution in [-0.2, 0) is 9.53 Å². The number of carbonyl (C=O) groups is 1. The number of esters is 1. The molecule has 0 atom stereocenters. The molecule has 0 amide bonds. The molecule has 0 saturated carbocycles. The second-order valence-electron chi connectivity index (χ2n) is 5.80. The smallest absolute Gasteiger partial charge is 0.335 e. The van der Waals surface area contributed by atoms with Crippen molar-refractivity contribution in [3.8, 4) is 0 Å². The van der Waals surface area contributed by atoms with Crippen LogP contribution in [0.5, 0.6) is 0 Å². The van der Waals surface area contributed by atoms with Crippen molar-refractivity contribution in [3.05, 3.63) is 77.9 Å². The molecular formula is C21H17NO2. The van der Waals surface area contributed by atoms with Crippen molar-refractivity contribution in [2.24, 2.45) is 0 Å². The second-order valence-corrected chi connectivity index (χ2v) is 5.80. The van der Waals surface area contributed by atoms with Gasteiger partial charge in [-0.1, -0.05) is 54.6 Å². The van der Waals surface area contributed by atoms with Crippen LogP contribution in [0.2, 0.25) is 0 Å². The van der Waals surface area contributed by atoms with Crippen molar-refractivity contribution < 1.29 is 9.53 Å². The first kappa shape index (κ1) is 14.5. The number of rotatable bonds is 2. The fourth-order valence-electron chi connectivity index (χ4n) is 3.26. The van der Waals surface area contributed by atoms with E-state index in [0.717, 1.165) is 16.9 Å². The molecule has 0 radical (unpaired) electrons. The number of hydrogen-bond donors (Lipinski definition) is 0. The molecule has 4 rings (SSSR count). The monoisotopic (exact) mass is 315 g/mol. The van der Waals surface area contributed by atoms with E-state index in [1.54, 1.807) is 0 Å². The number of para-hydroxylation sites is 1. The molecule has 0 bridgehead atoms. The quantitative estimate of drug-likeness (QED) is 0.650. The van der Waals surface area contributed by atoms with Crippen LogP contribution in [-0.4, -0.2) is 19.6 Å². The van der Waals surface area contributed by atoms with E-state index in [9.17, 15) is 4.79 Å². The molecule has 3 aromatic rings. The van der Waals surface area contributed by atoms with Crippen LogP contribution < -0.4 is 4.90 Å². The predicted octanol–water partition coefficient (Wildman–Crippen LogP) is 4.55. The maximum absolute atomic E-state index is 12.1. The van der Waals surface area contributed by atoms with Gasteiger partial charge in [0.25, 0.3) is 0 Å². The molecule has 1 aliphatic heterocycles. The summed E-state index contributed by atoms with van der Waals surface area (Å²) in [5.74, 6) is -0.283. The van der Waals surface area contributed by atoms with Crippen molar-refractivity contribution in [2.45, 2.75) is 0 Å². The Balaban J connectivity index is 1.91. The first-order valence-corrected chi connectivity index (χ1v) is 7.91. The Morgan fingerprint density at radius 3 is 2.50 bits per heavy atom. The van der Waals surface area contributed by atoms with Gasteiger partial charge in [-0.05, 0) is 29.2 Å². The largest absolute Gasteiger partial charge is 0.466 e. The molecule has 0 spiro atoms. The van der Waals surface area contributed by atoms with E-state index in [4.69, 9.17) is 4.74 Å². The molecule has 24 heavy (non-hydrogen) atoms. The zero-order valence-corrected chi connectivity index (χ0v) is 13.4. The number of anilines is 2. The standard InChI is InChI=1S/C21H17NO2/c1-24-21(23)17-13-16-8-3-5-11-19(16)22(14-17)20-12-6-9-15-7-2-4-10-18(15)20/h2-13H,14H2,1H3. The lowest BCUT2D eigenvalue weighted by atomic mass is 10.00. The molecule has 0 fully saturated rings. The average Bonchev–Trinajstić information content (AvgIpc) is 2.66. The first-order valence-electron chi connectivity index (χ1n) is 7.91. The molecule has 0 unspecified atom stereocenters. The van der Waals surface area contributed by atoms with Gasteiger partial charge >= 0.3 is 5.97 Å². The lowest BCUT2D eigenvalue weighted by molar-refractivity contribution is -0.136. The molecular weight excluding hydrogens is 298 g/mol. The van der Waals surface area contributed by atoms with Gasteiger partial charge in [-0.25, -0.2) is 4.79 Å². The first-order chi connectivity index (χ1) is 11.8. The summed E-state index contributed by atoms with van der Waals surface area (Å²) in [6, 6.07) is 22.7. The highest BCUT2D eigenvalue weighted by atomic mass is 16.5. The summed E-state index contributed by atoms with van der Waals surface area (Å²) in [7, 11) is 1.42. The van der Waals surface area contributed by atoms with E-state index in [2.05, 4.69) is 41.3 Å². The Morgan fingerprint density at radius 1 is 0.917 bits per heavy atom. The number of carbonyl (C=O) groups excluding carboxylic acids is 1. The van der Waals surface area contributed by atoms with Crippen LogP contribution in [0.15, 0.2) is 72.3 Å². The molecule has 0 aliphatic carbocycles.